The van der Waals surface area contributed by atoms with Crippen LogP contribution in [0.3, 0.4) is 0 Å². The van der Waals surface area contributed by atoms with E-state index >= 15 is 0 Å². The molecule has 0 aromatic rings. The molecular formula is C5H8N2O2. The van der Waals surface area contributed by atoms with Crippen LogP contribution in [0.1, 0.15) is 12.8 Å². The quantitative estimate of drug-likeness (QED) is 0.189. The Labute approximate surface area is 52.7 Å². The first-order valence-corrected chi connectivity index (χ1v) is 2.77. The molecule has 1 aliphatic carbocycles. The number of nitrogens with two attached hydrogens (primary N) is 1. The Kier molecular flexibility index (Phi) is 1.67. The van der Waals surface area contributed by atoms with Gasteiger partial charge in [0.25, 0.3) is 0 Å². The Bertz CT molecular complexity index is 140. The molecule has 0 radical (unpaired) electrons. The molecule has 1 saturated carbocycles. The number of hydrogen-bond acceptors (Lipinski definition) is 3. The molecule has 0 amide bonds. The molecule has 0 atom stereocenters. The first-order valence-electron chi connectivity index (χ1n) is 2.77. The highest BCUT2D eigenvalue weighted by molar-refractivity contribution is 5.84. The van der Waals surface area contributed by atoms with Crippen molar-refractivity contribution in [2.24, 2.45) is 16.8 Å². The van der Waals surface area contributed by atoms with Crippen molar-refractivity contribution >= 4 is 12.3 Å². The Morgan fingerprint density at radius 3 is 2.89 bits per heavy atom. The van der Waals surface area contributed by atoms with E-state index in [1.807, 2.05) is 0 Å². The van der Waals surface area contributed by atoms with Gasteiger partial charge in [0.2, 0.25) is 0 Å². The van der Waals surface area contributed by atoms with Crippen molar-refractivity contribution in [3.8, 4) is 0 Å². The van der Waals surface area contributed by atoms with Crippen LogP contribution in [0.5, 0.6) is 0 Å². The van der Waals surface area contributed by atoms with Gasteiger partial charge in [-0.3, -0.25) is 4.79 Å². The summed E-state index contributed by atoms with van der Waals surface area (Å²) in [5.41, 5.74) is 5.33. The average molecular weight is 128 g/mol. The summed E-state index contributed by atoms with van der Waals surface area (Å²) in [7, 11) is 0. The molecular weight excluding hydrogens is 120 g/mol. The second-order valence-corrected chi connectivity index (χ2v) is 1.99. The molecule has 0 unspecified atom stereocenters. The zero-order valence-corrected chi connectivity index (χ0v) is 4.91. The van der Waals surface area contributed by atoms with E-state index in [0.717, 1.165) is 12.8 Å². The van der Waals surface area contributed by atoms with Crippen molar-refractivity contribution in [3.05, 3.63) is 0 Å². The van der Waals surface area contributed by atoms with Gasteiger partial charge in [0.15, 0.2) is 0 Å². The Balaban J connectivity index is 2.28. The lowest BCUT2D eigenvalue weighted by Gasteiger charge is -1.90. The minimum Gasteiger partial charge on any atom is -0.384 e. The lowest BCUT2D eigenvalue weighted by molar-refractivity contribution is -0.128. The van der Waals surface area contributed by atoms with Gasteiger partial charge < -0.3 is 10.6 Å². The van der Waals surface area contributed by atoms with Crippen molar-refractivity contribution in [1.82, 2.24) is 0 Å². The van der Waals surface area contributed by atoms with Crippen molar-refractivity contribution in [2.45, 2.75) is 12.8 Å². The van der Waals surface area contributed by atoms with Gasteiger partial charge in [-0.25, -0.2) is 0 Å². The molecule has 1 aliphatic rings. The summed E-state index contributed by atoms with van der Waals surface area (Å²) < 4.78 is 0. The van der Waals surface area contributed by atoms with Gasteiger partial charge in [-0.2, -0.15) is 0 Å². The highest BCUT2D eigenvalue weighted by Crippen LogP contribution is 2.28. The lowest BCUT2D eigenvalue weighted by atomic mass is 10.4. The van der Waals surface area contributed by atoms with E-state index < -0.39 is 0 Å². The predicted octanol–water partition coefficient (Wildman–Crippen LogP) is -0.158. The first kappa shape index (κ1) is 6.07. The van der Waals surface area contributed by atoms with Crippen LogP contribution in [0.2, 0.25) is 0 Å². The number of rotatable bonds is 3. The summed E-state index contributed by atoms with van der Waals surface area (Å²) in [6.45, 7) is 0.259. The molecule has 9 heavy (non-hydrogen) atoms. The third-order valence-corrected chi connectivity index (χ3v) is 1.20. The van der Waals surface area contributed by atoms with Crippen LogP contribution in [0.15, 0.2) is 5.16 Å². The van der Waals surface area contributed by atoms with E-state index in [1.54, 1.807) is 0 Å². The summed E-state index contributed by atoms with van der Waals surface area (Å²) in [5.74, 6) is 0.798. The normalized spacial score (nSPS) is 19.3. The zero-order chi connectivity index (χ0) is 6.69. The van der Waals surface area contributed by atoms with Crippen molar-refractivity contribution in [1.29, 1.82) is 0 Å². The maximum Gasteiger partial charge on any atom is 0.323 e. The summed E-state index contributed by atoms with van der Waals surface area (Å²) in [4.78, 5) is 13.6. The van der Waals surface area contributed by atoms with E-state index in [0.29, 0.717) is 11.8 Å². The van der Waals surface area contributed by atoms with Gasteiger partial charge in [-0.1, -0.05) is 5.16 Å². The van der Waals surface area contributed by atoms with Gasteiger partial charge in [-0.05, 0) is 12.8 Å². The molecule has 0 aromatic heterocycles. The molecule has 2 N–H and O–H groups in total. The van der Waals surface area contributed by atoms with Gasteiger partial charge in [0.05, 0.1) is 0 Å². The average Bonchev–Trinajstić information content (AvgIpc) is 2.63. The summed E-state index contributed by atoms with van der Waals surface area (Å²) in [6, 6.07) is 0. The van der Waals surface area contributed by atoms with E-state index in [9.17, 15) is 4.79 Å². The fraction of sp³-hybridized carbons (Fsp3) is 0.600. The van der Waals surface area contributed by atoms with Crippen molar-refractivity contribution in [3.63, 3.8) is 0 Å². The van der Waals surface area contributed by atoms with Crippen LogP contribution >= 0.6 is 0 Å². The fourth-order valence-electron chi connectivity index (χ4n) is 0.536. The summed E-state index contributed by atoms with van der Waals surface area (Å²) >= 11 is 0. The van der Waals surface area contributed by atoms with Gasteiger partial charge >= 0.3 is 6.47 Å². The van der Waals surface area contributed by atoms with Crippen molar-refractivity contribution in [2.75, 3.05) is 0 Å². The van der Waals surface area contributed by atoms with E-state index in [1.165, 1.54) is 0 Å². The van der Waals surface area contributed by atoms with Gasteiger partial charge in [0, 0.05) is 5.92 Å². The van der Waals surface area contributed by atoms with E-state index in [2.05, 4.69) is 9.99 Å². The number of carbonyl (C=O) groups excluding carboxylic acids is 1. The molecule has 0 aromatic carbocycles. The lowest BCUT2D eigenvalue weighted by Crippen LogP contribution is -2.14. The standard InChI is InChI=1S/C5H8N2O2/c6-5(4-1-2-4)7-9-3-8/h3-4H,1-2H2,(H2,6,7). The Morgan fingerprint density at radius 1 is 1.78 bits per heavy atom. The topological polar surface area (TPSA) is 64.7 Å². The van der Waals surface area contributed by atoms with Crippen LogP contribution in [0, 0.1) is 5.92 Å². The van der Waals surface area contributed by atoms with E-state index in [4.69, 9.17) is 5.73 Å². The molecule has 0 bridgehead atoms. The Morgan fingerprint density at radius 2 is 2.44 bits per heavy atom. The molecule has 0 aliphatic heterocycles. The van der Waals surface area contributed by atoms with Crippen LogP contribution < -0.4 is 5.73 Å². The molecule has 1 fully saturated rings. The number of nitrogens with zero attached hydrogens (tertiary/aromatic N) is 1. The molecule has 0 heterocycles. The van der Waals surface area contributed by atoms with Crippen LogP contribution in [-0.4, -0.2) is 12.3 Å². The molecule has 0 saturated heterocycles. The zero-order valence-electron chi connectivity index (χ0n) is 4.91. The van der Waals surface area contributed by atoms with Gasteiger partial charge in [-0.15, -0.1) is 0 Å². The highest BCUT2D eigenvalue weighted by Gasteiger charge is 2.25. The first-order chi connectivity index (χ1) is 4.34. The van der Waals surface area contributed by atoms with E-state index in [-0.39, 0.29) is 6.47 Å². The van der Waals surface area contributed by atoms with Crippen LogP contribution in [0.25, 0.3) is 0 Å². The van der Waals surface area contributed by atoms with Crippen LogP contribution in [-0.2, 0) is 9.63 Å². The number of hydrogen-bond donors (Lipinski definition) is 1. The van der Waals surface area contributed by atoms with Crippen molar-refractivity contribution < 1.29 is 9.63 Å². The maximum absolute atomic E-state index is 9.57. The largest absolute Gasteiger partial charge is 0.384 e. The monoisotopic (exact) mass is 128 g/mol. The molecule has 50 valence electrons. The third kappa shape index (κ3) is 1.71. The van der Waals surface area contributed by atoms with Crippen LogP contribution in [0.4, 0.5) is 0 Å². The predicted molar refractivity (Wildman–Crippen MR) is 31.5 cm³/mol. The summed E-state index contributed by atoms with van der Waals surface area (Å²) in [6.07, 6.45) is 2.13. The molecule has 4 nitrogen and oxygen atoms in total. The maximum atomic E-state index is 9.57. The molecule has 4 heteroatoms. The highest BCUT2D eigenvalue weighted by atomic mass is 16.7. The third-order valence-electron chi connectivity index (χ3n) is 1.20. The number of oxime groups is 1. The molecule has 1 rings (SSSR count). The number of carbonyl (C=O) groups is 1. The second-order valence-electron chi connectivity index (χ2n) is 1.99. The Hall–Kier alpha value is -1.06. The molecule has 0 spiro atoms. The fourth-order valence-corrected chi connectivity index (χ4v) is 0.536. The summed E-state index contributed by atoms with van der Waals surface area (Å²) in [5, 5.41) is 3.33. The smallest absolute Gasteiger partial charge is 0.323 e. The number of amidine groups is 1. The SMILES string of the molecule is N/C(=N\OC=O)C1CC1. The van der Waals surface area contributed by atoms with Gasteiger partial charge in [0.1, 0.15) is 5.84 Å². The second kappa shape index (κ2) is 2.48. The minimum absolute atomic E-state index is 0.259. The minimum atomic E-state index is 0.259.